The van der Waals surface area contributed by atoms with Crippen LogP contribution in [-0.2, 0) is 33.5 Å². The van der Waals surface area contributed by atoms with Crippen LogP contribution in [0.2, 0.25) is 0 Å². The highest BCUT2D eigenvalue weighted by Crippen LogP contribution is 2.28. The molecular formula is C31H44FNO4. The highest BCUT2D eigenvalue weighted by molar-refractivity contribution is 5.69. The molecule has 0 radical (unpaired) electrons. The van der Waals surface area contributed by atoms with Gasteiger partial charge in [-0.05, 0) is 92.8 Å². The van der Waals surface area contributed by atoms with Gasteiger partial charge in [-0.3, -0.25) is 9.69 Å². The van der Waals surface area contributed by atoms with Crippen LogP contribution < -0.4 is 0 Å². The van der Waals surface area contributed by atoms with Crippen molar-refractivity contribution in [1.82, 2.24) is 4.90 Å². The lowest BCUT2D eigenvalue weighted by Gasteiger charge is -2.28. The van der Waals surface area contributed by atoms with Crippen molar-refractivity contribution in [2.75, 3.05) is 26.3 Å². The Morgan fingerprint density at radius 2 is 2.03 bits per heavy atom. The lowest BCUT2D eigenvalue weighted by Crippen LogP contribution is -2.39. The van der Waals surface area contributed by atoms with E-state index < -0.39 is 6.10 Å². The van der Waals surface area contributed by atoms with Gasteiger partial charge < -0.3 is 14.6 Å². The molecule has 2 aromatic carbocycles. The number of hydrogen-bond donors (Lipinski definition) is 1. The first-order valence-corrected chi connectivity index (χ1v) is 13.9. The first kappa shape index (κ1) is 29.3. The number of likely N-dealkylation sites (tertiary alicyclic amines) is 1. The lowest BCUT2D eigenvalue weighted by molar-refractivity contribution is -0.143. The number of rotatable bonds is 14. The maximum absolute atomic E-state index is 14.7. The van der Waals surface area contributed by atoms with Gasteiger partial charge in [-0.15, -0.1) is 0 Å². The summed E-state index contributed by atoms with van der Waals surface area (Å²) in [7, 11) is 0. The zero-order valence-electron chi connectivity index (χ0n) is 23.0. The molecule has 0 saturated carbocycles. The molecule has 1 aliphatic rings. The number of aliphatic hydroxyl groups is 1. The Labute approximate surface area is 222 Å². The number of aryl methyl sites for hydroxylation is 2. The number of esters is 1. The number of ether oxygens (including phenoxy) is 2. The van der Waals surface area contributed by atoms with Crippen LogP contribution in [0.4, 0.5) is 4.39 Å². The molecule has 204 valence electrons. The lowest BCUT2D eigenvalue weighted by atomic mass is 9.96. The largest absolute Gasteiger partial charge is 0.466 e. The molecule has 0 unspecified atom stereocenters. The number of hydrogen-bond acceptors (Lipinski definition) is 5. The SMILES string of the molecule is CCOC(=O)CCc1c(F)cccc1[C@@H](CC)OC[C@H](O)CN1CCC[C@H]1Cc1ccc(C)c(CC)c1. The van der Waals surface area contributed by atoms with Crippen molar-refractivity contribution < 1.29 is 23.8 Å². The third kappa shape index (κ3) is 8.36. The fourth-order valence-electron chi connectivity index (χ4n) is 5.45. The summed E-state index contributed by atoms with van der Waals surface area (Å²) in [4.78, 5) is 14.2. The fraction of sp³-hybridized carbons (Fsp3) is 0.581. The second-order valence-corrected chi connectivity index (χ2v) is 10.1. The topological polar surface area (TPSA) is 59.0 Å². The van der Waals surface area contributed by atoms with Crippen LogP contribution in [0.5, 0.6) is 0 Å². The number of carbonyl (C=O) groups is 1. The first-order chi connectivity index (χ1) is 17.9. The van der Waals surface area contributed by atoms with E-state index in [4.69, 9.17) is 9.47 Å². The van der Waals surface area contributed by atoms with Crippen LogP contribution in [0.3, 0.4) is 0 Å². The summed E-state index contributed by atoms with van der Waals surface area (Å²) in [5.74, 6) is -0.676. The molecule has 1 N–H and O–H groups in total. The van der Waals surface area contributed by atoms with Gasteiger partial charge in [-0.2, -0.15) is 0 Å². The number of aliphatic hydroxyl groups excluding tert-OH is 1. The summed E-state index contributed by atoms with van der Waals surface area (Å²) in [5, 5.41) is 10.9. The van der Waals surface area contributed by atoms with Crippen LogP contribution >= 0.6 is 0 Å². The van der Waals surface area contributed by atoms with Gasteiger partial charge in [0, 0.05) is 19.0 Å². The monoisotopic (exact) mass is 513 g/mol. The van der Waals surface area contributed by atoms with E-state index in [-0.39, 0.29) is 37.3 Å². The highest BCUT2D eigenvalue weighted by atomic mass is 19.1. The normalized spacial score (nSPS) is 17.6. The highest BCUT2D eigenvalue weighted by Gasteiger charge is 2.27. The molecule has 0 bridgehead atoms. The van der Waals surface area contributed by atoms with Gasteiger partial charge in [-0.1, -0.05) is 44.2 Å². The molecule has 0 aliphatic carbocycles. The molecule has 37 heavy (non-hydrogen) atoms. The second kappa shape index (κ2) is 14.6. The summed E-state index contributed by atoms with van der Waals surface area (Å²) < 4.78 is 25.8. The molecule has 5 nitrogen and oxygen atoms in total. The Morgan fingerprint density at radius 3 is 2.76 bits per heavy atom. The standard InChI is InChI=1S/C31H44FNO4/c1-5-24-18-23(14-13-22(24)4)19-25-10-9-17-33(25)20-26(34)21-37-30(6-2)28-11-8-12-29(32)27(28)15-16-31(35)36-7-3/h8,11-14,18,25-26,30,34H,5-7,9-10,15-17,19-21H2,1-4H3/t25-,26+,30+/m0/s1. The average molecular weight is 514 g/mol. The molecular weight excluding hydrogens is 469 g/mol. The third-order valence-electron chi connectivity index (χ3n) is 7.46. The molecule has 0 spiro atoms. The molecule has 6 heteroatoms. The number of β-amino-alcohol motifs (C(OH)–C–C–N with tert-alkyl or cyclic N) is 1. The predicted molar refractivity (Wildman–Crippen MR) is 145 cm³/mol. The number of halogens is 1. The van der Waals surface area contributed by atoms with Gasteiger partial charge in [0.1, 0.15) is 5.82 Å². The molecule has 2 aromatic rings. The summed E-state index contributed by atoms with van der Waals surface area (Å²) in [6, 6.07) is 12.1. The molecule has 1 saturated heterocycles. The molecule has 0 amide bonds. The van der Waals surface area contributed by atoms with Crippen molar-refractivity contribution in [3.63, 3.8) is 0 Å². The average Bonchev–Trinajstić information content (AvgIpc) is 3.31. The predicted octanol–water partition coefficient (Wildman–Crippen LogP) is 5.73. The van der Waals surface area contributed by atoms with E-state index in [0.29, 0.717) is 31.2 Å². The maximum atomic E-state index is 14.7. The fourth-order valence-corrected chi connectivity index (χ4v) is 5.45. The quantitative estimate of drug-likeness (QED) is 0.327. The van der Waals surface area contributed by atoms with Crippen LogP contribution in [0.15, 0.2) is 36.4 Å². The van der Waals surface area contributed by atoms with E-state index in [1.54, 1.807) is 13.0 Å². The first-order valence-electron chi connectivity index (χ1n) is 13.9. The van der Waals surface area contributed by atoms with Crippen molar-refractivity contribution in [2.45, 2.75) is 90.9 Å². The van der Waals surface area contributed by atoms with Crippen molar-refractivity contribution in [3.8, 4) is 0 Å². The minimum atomic E-state index is -0.629. The zero-order valence-corrected chi connectivity index (χ0v) is 23.0. The number of carbonyl (C=O) groups excluding carboxylic acids is 1. The Balaban J connectivity index is 1.58. The minimum Gasteiger partial charge on any atom is -0.466 e. The Bertz CT molecular complexity index is 1010. The van der Waals surface area contributed by atoms with E-state index in [0.717, 1.165) is 37.8 Å². The van der Waals surface area contributed by atoms with Gasteiger partial charge in [0.2, 0.25) is 0 Å². The summed E-state index contributed by atoms with van der Waals surface area (Å²) in [5.41, 5.74) is 5.33. The van der Waals surface area contributed by atoms with Gasteiger partial charge in [0.25, 0.3) is 0 Å². The van der Waals surface area contributed by atoms with Gasteiger partial charge >= 0.3 is 5.97 Å². The van der Waals surface area contributed by atoms with Gasteiger partial charge in [0.05, 0.1) is 25.4 Å². The summed E-state index contributed by atoms with van der Waals surface area (Å²) in [6.07, 6.45) is 4.34. The van der Waals surface area contributed by atoms with E-state index >= 15 is 0 Å². The molecule has 3 atom stereocenters. The molecule has 1 fully saturated rings. The van der Waals surface area contributed by atoms with Gasteiger partial charge in [-0.25, -0.2) is 4.39 Å². The Morgan fingerprint density at radius 1 is 1.22 bits per heavy atom. The van der Waals surface area contributed by atoms with Crippen molar-refractivity contribution in [1.29, 1.82) is 0 Å². The maximum Gasteiger partial charge on any atom is 0.306 e. The third-order valence-corrected chi connectivity index (χ3v) is 7.46. The Kier molecular flexibility index (Phi) is 11.6. The van der Waals surface area contributed by atoms with Crippen LogP contribution in [-0.4, -0.2) is 54.4 Å². The molecule has 1 heterocycles. The molecule has 3 rings (SSSR count). The number of nitrogens with zero attached hydrogens (tertiary/aromatic N) is 1. The molecule has 0 aromatic heterocycles. The number of benzene rings is 2. The van der Waals surface area contributed by atoms with E-state index in [1.807, 2.05) is 13.0 Å². The van der Waals surface area contributed by atoms with Crippen molar-refractivity contribution in [2.24, 2.45) is 0 Å². The van der Waals surface area contributed by atoms with Gasteiger partial charge in [0.15, 0.2) is 0 Å². The van der Waals surface area contributed by atoms with Crippen LogP contribution in [0.25, 0.3) is 0 Å². The Hall–Kier alpha value is -2.28. The molecule has 1 aliphatic heterocycles. The smallest absolute Gasteiger partial charge is 0.306 e. The van der Waals surface area contributed by atoms with Crippen molar-refractivity contribution >= 4 is 5.97 Å². The minimum absolute atomic E-state index is 0.123. The summed E-state index contributed by atoms with van der Waals surface area (Å²) in [6.45, 7) is 10.1. The van der Waals surface area contributed by atoms with E-state index in [1.165, 1.54) is 22.8 Å². The zero-order chi connectivity index (χ0) is 26.8. The summed E-state index contributed by atoms with van der Waals surface area (Å²) >= 11 is 0. The van der Waals surface area contributed by atoms with Crippen LogP contribution in [0, 0.1) is 12.7 Å². The second-order valence-electron chi connectivity index (χ2n) is 10.1. The van der Waals surface area contributed by atoms with Crippen LogP contribution in [0.1, 0.15) is 80.4 Å². The van der Waals surface area contributed by atoms with E-state index in [9.17, 15) is 14.3 Å². The van der Waals surface area contributed by atoms with Crippen molar-refractivity contribution in [3.05, 3.63) is 70.0 Å². The van der Waals surface area contributed by atoms with E-state index in [2.05, 4.69) is 36.9 Å².